The van der Waals surface area contributed by atoms with Crippen LogP contribution in [0.1, 0.15) is 6.92 Å². The third kappa shape index (κ3) is 4.34. The van der Waals surface area contributed by atoms with E-state index in [1.807, 2.05) is 49.5 Å². The van der Waals surface area contributed by atoms with Crippen LogP contribution in [0.3, 0.4) is 0 Å². The second-order valence-corrected chi connectivity index (χ2v) is 8.45. The Morgan fingerprint density at radius 3 is 2.67 bits per heavy atom. The van der Waals surface area contributed by atoms with Crippen molar-refractivity contribution in [3.8, 4) is 28.1 Å². The Bertz CT molecular complexity index is 1290. The van der Waals surface area contributed by atoms with E-state index in [9.17, 15) is 0 Å². The molecule has 2 N–H and O–H groups in total. The molecule has 168 valence electrons. The minimum Gasteiger partial charge on any atom is -0.494 e. The van der Waals surface area contributed by atoms with Crippen LogP contribution in [-0.2, 0) is 4.74 Å². The normalized spacial score (nSPS) is 13.9. The second-order valence-electron chi connectivity index (χ2n) is 7.59. The summed E-state index contributed by atoms with van der Waals surface area (Å²) in [5.74, 6) is 2.08. The van der Waals surface area contributed by atoms with Gasteiger partial charge in [-0.25, -0.2) is 19.9 Å². The van der Waals surface area contributed by atoms with Gasteiger partial charge in [-0.05, 0) is 48.9 Å². The van der Waals surface area contributed by atoms with Crippen molar-refractivity contribution >= 4 is 38.6 Å². The Balaban J connectivity index is 1.63. The van der Waals surface area contributed by atoms with E-state index in [0.29, 0.717) is 23.5 Å². The number of ether oxygens (including phenoxy) is 2. The Morgan fingerprint density at radius 2 is 1.91 bits per heavy atom. The number of anilines is 2. The summed E-state index contributed by atoms with van der Waals surface area (Å²) in [5.41, 5.74) is 10.2. The van der Waals surface area contributed by atoms with Crippen molar-refractivity contribution in [3.05, 3.63) is 53.4 Å². The Labute approximate surface area is 199 Å². The molecule has 1 fully saturated rings. The highest BCUT2D eigenvalue weighted by Gasteiger charge is 2.17. The molecular formula is C24H23BrN6O2. The maximum absolute atomic E-state index is 6.27. The van der Waals surface area contributed by atoms with Gasteiger partial charge in [0.1, 0.15) is 23.7 Å². The van der Waals surface area contributed by atoms with E-state index in [1.54, 1.807) is 0 Å². The lowest BCUT2D eigenvalue weighted by Crippen LogP contribution is -2.36. The summed E-state index contributed by atoms with van der Waals surface area (Å²) in [7, 11) is 0. The SMILES string of the molecule is CCOc1ccc(Br)c(-c2cc(-c3ccc(N4CCOCC4)nc3)nc3ncnc(N)c23)c1. The molecule has 1 aliphatic rings. The molecule has 0 atom stereocenters. The van der Waals surface area contributed by atoms with Gasteiger partial charge in [-0.3, -0.25) is 0 Å². The lowest BCUT2D eigenvalue weighted by atomic mass is 10.00. The molecule has 1 aromatic carbocycles. The Morgan fingerprint density at radius 1 is 1.06 bits per heavy atom. The first-order valence-corrected chi connectivity index (χ1v) is 11.6. The van der Waals surface area contributed by atoms with Gasteiger partial charge in [0, 0.05) is 34.9 Å². The quantitative estimate of drug-likeness (QED) is 0.426. The average Bonchev–Trinajstić information content (AvgIpc) is 2.85. The highest BCUT2D eigenvalue weighted by Crippen LogP contribution is 2.39. The number of fused-ring (bicyclic) bond motifs is 1. The summed E-state index contributed by atoms with van der Waals surface area (Å²) < 4.78 is 12.1. The monoisotopic (exact) mass is 506 g/mol. The van der Waals surface area contributed by atoms with Crippen molar-refractivity contribution in [2.24, 2.45) is 0 Å². The number of hydrogen-bond donors (Lipinski definition) is 1. The number of hydrogen-bond acceptors (Lipinski definition) is 8. The maximum atomic E-state index is 6.27. The molecule has 33 heavy (non-hydrogen) atoms. The lowest BCUT2D eigenvalue weighted by Gasteiger charge is -2.27. The van der Waals surface area contributed by atoms with Crippen LogP contribution < -0.4 is 15.4 Å². The number of pyridine rings is 2. The Kier molecular flexibility index (Phi) is 6.06. The first-order chi connectivity index (χ1) is 16.1. The number of nitrogens with two attached hydrogens (primary N) is 1. The van der Waals surface area contributed by atoms with Crippen molar-refractivity contribution in [1.29, 1.82) is 0 Å². The van der Waals surface area contributed by atoms with E-state index in [2.05, 4.69) is 35.8 Å². The van der Waals surface area contributed by atoms with E-state index in [-0.39, 0.29) is 0 Å². The van der Waals surface area contributed by atoms with Gasteiger partial charge in [0.15, 0.2) is 5.65 Å². The zero-order valence-electron chi connectivity index (χ0n) is 18.2. The van der Waals surface area contributed by atoms with Crippen LogP contribution in [0.15, 0.2) is 53.4 Å². The van der Waals surface area contributed by atoms with E-state index in [4.69, 9.17) is 20.2 Å². The van der Waals surface area contributed by atoms with Gasteiger partial charge in [0.05, 0.1) is 30.9 Å². The van der Waals surface area contributed by atoms with Gasteiger partial charge in [-0.2, -0.15) is 0 Å². The van der Waals surface area contributed by atoms with Crippen LogP contribution in [0.25, 0.3) is 33.4 Å². The van der Waals surface area contributed by atoms with Crippen molar-refractivity contribution in [3.63, 3.8) is 0 Å². The van der Waals surface area contributed by atoms with Gasteiger partial charge in [0.25, 0.3) is 0 Å². The van der Waals surface area contributed by atoms with E-state index in [0.717, 1.165) is 64.7 Å². The van der Waals surface area contributed by atoms with Gasteiger partial charge in [-0.1, -0.05) is 15.9 Å². The molecule has 3 aromatic heterocycles. The third-order valence-electron chi connectivity index (χ3n) is 5.55. The van der Waals surface area contributed by atoms with Crippen molar-refractivity contribution in [2.75, 3.05) is 43.5 Å². The zero-order valence-corrected chi connectivity index (χ0v) is 19.7. The van der Waals surface area contributed by atoms with Crippen LogP contribution in [0.5, 0.6) is 5.75 Å². The predicted octanol–water partition coefficient (Wildman–Crippen LogP) is 4.33. The van der Waals surface area contributed by atoms with Crippen molar-refractivity contribution in [2.45, 2.75) is 6.92 Å². The first kappa shape index (κ1) is 21.5. The van der Waals surface area contributed by atoms with Crippen LogP contribution in [0, 0.1) is 0 Å². The van der Waals surface area contributed by atoms with Crippen LogP contribution in [0.2, 0.25) is 0 Å². The van der Waals surface area contributed by atoms with Crippen LogP contribution in [-0.4, -0.2) is 52.8 Å². The zero-order chi connectivity index (χ0) is 22.8. The summed E-state index contributed by atoms with van der Waals surface area (Å²) in [5, 5.41) is 0.702. The summed E-state index contributed by atoms with van der Waals surface area (Å²) in [4.78, 5) is 20.3. The molecule has 4 heterocycles. The third-order valence-corrected chi connectivity index (χ3v) is 6.24. The maximum Gasteiger partial charge on any atom is 0.165 e. The molecule has 0 unspecified atom stereocenters. The molecular weight excluding hydrogens is 484 g/mol. The molecule has 1 aliphatic heterocycles. The smallest absolute Gasteiger partial charge is 0.165 e. The summed E-state index contributed by atoms with van der Waals surface area (Å²) >= 11 is 3.68. The highest BCUT2D eigenvalue weighted by molar-refractivity contribution is 9.10. The highest BCUT2D eigenvalue weighted by atomic mass is 79.9. The largest absolute Gasteiger partial charge is 0.494 e. The number of rotatable bonds is 5. The van der Waals surface area contributed by atoms with E-state index < -0.39 is 0 Å². The summed E-state index contributed by atoms with van der Waals surface area (Å²) in [6.07, 6.45) is 3.28. The number of nitrogens with zero attached hydrogens (tertiary/aromatic N) is 5. The number of benzene rings is 1. The fourth-order valence-corrected chi connectivity index (χ4v) is 4.39. The van der Waals surface area contributed by atoms with Gasteiger partial charge < -0.3 is 20.1 Å². The summed E-state index contributed by atoms with van der Waals surface area (Å²) in [6.45, 7) is 5.65. The molecule has 4 aromatic rings. The molecule has 0 saturated carbocycles. The topological polar surface area (TPSA) is 99.3 Å². The molecule has 0 spiro atoms. The molecule has 1 saturated heterocycles. The summed E-state index contributed by atoms with van der Waals surface area (Å²) in [6, 6.07) is 11.9. The number of aromatic nitrogens is 4. The molecule has 9 heteroatoms. The lowest BCUT2D eigenvalue weighted by molar-refractivity contribution is 0.122. The molecule has 0 aliphatic carbocycles. The fourth-order valence-electron chi connectivity index (χ4n) is 3.93. The van der Waals surface area contributed by atoms with Gasteiger partial charge in [0.2, 0.25) is 0 Å². The predicted molar refractivity (Wildman–Crippen MR) is 132 cm³/mol. The fraction of sp³-hybridized carbons (Fsp3) is 0.250. The molecule has 0 radical (unpaired) electrons. The number of nitrogen functional groups attached to an aromatic ring is 1. The first-order valence-electron chi connectivity index (χ1n) is 10.8. The van der Waals surface area contributed by atoms with Gasteiger partial charge >= 0.3 is 0 Å². The molecule has 8 nitrogen and oxygen atoms in total. The second kappa shape index (κ2) is 9.29. The number of halogens is 1. The van der Waals surface area contributed by atoms with Crippen molar-refractivity contribution < 1.29 is 9.47 Å². The standard InChI is InChI=1S/C24H23BrN6O2/c1-2-33-16-4-5-19(25)17(11-16)18-12-20(30-24-22(18)23(26)28-14-29-24)15-3-6-21(27-13-15)31-7-9-32-10-8-31/h3-6,11-14H,2,7-10H2,1H3,(H2,26,28,29,30). The molecule has 0 amide bonds. The van der Waals surface area contributed by atoms with Gasteiger partial charge in [-0.15, -0.1) is 0 Å². The number of morpholine rings is 1. The van der Waals surface area contributed by atoms with E-state index in [1.165, 1.54) is 6.33 Å². The average molecular weight is 507 g/mol. The molecule has 0 bridgehead atoms. The Hall–Kier alpha value is -3.30. The van der Waals surface area contributed by atoms with Crippen molar-refractivity contribution in [1.82, 2.24) is 19.9 Å². The molecule has 5 rings (SSSR count). The van der Waals surface area contributed by atoms with Crippen LogP contribution >= 0.6 is 15.9 Å². The van der Waals surface area contributed by atoms with E-state index >= 15 is 0 Å². The minimum atomic E-state index is 0.378. The van der Waals surface area contributed by atoms with Crippen LogP contribution in [0.4, 0.5) is 11.6 Å². The minimum absolute atomic E-state index is 0.378.